The molecule has 126 valence electrons. The molecule has 1 aromatic rings. The molecule has 4 unspecified atom stereocenters. The van der Waals surface area contributed by atoms with Gasteiger partial charge in [0.1, 0.15) is 0 Å². The van der Waals surface area contributed by atoms with E-state index in [1.807, 2.05) is 30.3 Å². The maximum Gasteiger partial charge on any atom is 0.318 e. The van der Waals surface area contributed by atoms with Crippen LogP contribution in [0.4, 0.5) is 0 Å². The lowest BCUT2D eigenvalue weighted by Gasteiger charge is -2.25. The van der Waals surface area contributed by atoms with Crippen LogP contribution >= 0.6 is 0 Å². The minimum absolute atomic E-state index is 0.0542. The van der Waals surface area contributed by atoms with Gasteiger partial charge >= 0.3 is 11.9 Å². The van der Waals surface area contributed by atoms with Crippen LogP contribution in [0.2, 0.25) is 0 Å². The average Bonchev–Trinajstić information content (AvgIpc) is 2.82. The Bertz CT molecular complexity index is 523. The van der Waals surface area contributed by atoms with Gasteiger partial charge in [-0.3, -0.25) is 9.59 Å². The molecule has 1 aliphatic rings. The van der Waals surface area contributed by atoms with Gasteiger partial charge in [-0.05, 0) is 30.2 Å². The number of hydrogen-bond acceptors (Lipinski definition) is 3. The second-order valence-corrected chi connectivity index (χ2v) is 6.78. The summed E-state index contributed by atoms with van der Waals surface area (Å²) in [7, 11) is 0. The molecular weight excluding hydrogens is 288 g/mol. The standard InChI is InChI=1S/C20H28O3/c1-4-6-10-14(3)13-17-18(20(22)23-19(17)21)16(5-2)15-11-8-7-9-12-15/h7-9,11-12,14,16-18H,4-6,10,13H2,1-3H3. The van der Waals surface area contributed by atoms with Crippen molar-refractivity contribution in [2.24, 2.45) is 17.8 Å². The Morgan fingerprint density at radius 1 is 1.09 bits per heavy atom. The van der Waals surface area contributed by atoms with E-state index >= 15 is 0 Å². The third-order valence-electron chi connectivity index (χ3n) is 5.02. The Morgan fingerprint density at radius 3 is 2.39 bits per heavy atom. The first kappa shape index (κ1) is 17.7. The fraction of sp³-hybridized carbons (Fsp3) is 0.600. The molecule has 0 amide bonds. The number of hydrogen-bond donors (Lipinski definition) is 0. The van der Waals surface area contributed by atoms with Crippen LogP contribution in [0, 0.1) is 17.8 Å². The van der Waals surface area contributed by atoms with Crippen LogP contribution in [0.5, 0.6) is 0 Å². The quantitative estimate of drug-likeness (QED) is 0.515. The molecule has 3 nitrogen and oxygen atoms in total. The highest BCUT2D eigenvalue weighted by Crippen LogP contribution is 2.41. The molecule has 4 atom stereocenters. The summed E-state index contributed by atoms with van der Waals surface area (Å²) in [5.74, 6) is -0.790. The van der Waals surface area contributed by atoms with Crippen molar-refractivity contribution >= 4 is 11.9 Å². The summed E-state index contributed by atoms with van der Waals surface area (Å²) in [5.41, 5.74) is 1.12. The summed E-state index contributed by atoms with van der Waals surface area (Å²) in [6.45, 7) is 6.42. The van der Waals surface area contributed by atoms with E-state index in [1.165, 1.54) is 0 Å². The predicted molar refractivity (Wildman–Crippen MR) is 90.9 cm³/mol. The number of benzene rings is 1. The molecule has 0 saturated carbocycles. The van der Waals surface area contributed by atoms with Crippen molar-refractivity contribution in [3.63, 3.8) is 0 Å². The molecule has 0 radical (unpaired) electrons. The number of carbonyl (C=O) groups is 2. The fourth-order valence-electron chi connectivity index (χ4n) is 3.74. The molecule has 0 bridgehead atoms. The summed E-state index contributed by atoms with van der Waals surface area (Å²) in [6, 6.07) is 10.0. The number of cyclic esters (lactones) is 2. The minimum atomic E-state index is -0.335. The minimum Gasteiger partial charge on any atom is -0.393 e. The smallest absolute Gasteiger partial charge is 0.318 e. The molecule has 0 spiro atoms. The van der Waals surface area contributed by atoms with Crippen molar-refractivity contribution in [3.05, 3.63) is 35.9 Å². The molecule has 3 heteroatoms. The molecule has 1 fully saturated rings. The van der Waals surface area contributed by atoms with Crippen LogP contribution < -0.4 is 0 Å². The number of unbranched alkanes of at least 4 members (excludes halogenated alkanes) is 1. The van der Waals surface area contributed by atoms with Gasteiger partial charge in [-0.15, -0.1) is 0 Å². The van der Waals surface area contributed by atoms with Gasteiger partial charge in [0.2, 0.25) is 0 Å². The van der Waals surface area contributed by atoms with Crippen molar-refractivity contribution in [2.45, 2.75) is 58.8 Å². The van der Waals surface area contributed by atoms with Crippen LogP contribution in [0.15, 0.2) is 30.3 Å². The molecule has 1 heterocycles. The predicted octanol–water partition coefficient (Wildman–Crippen LogP) is 4.71. The van der Waals surface area contributed by atoms with Gasteiger partial charge < -0.3 is 4.74 Å². The van der Waals surface area contributed by atoms with E-state index in [-0.39, 0.29) is 29.7 Å². The first-order valence-electron chi connectivity index (χ1n) is 8.88. The first-order valence-corrected chi connectivity index (χ1v) is 8.88. The van der Waals surface area contributed by atoms with Gasteiger partial charge in [-0.25, -0.2) is 0 Å². The van der Waals surface area contributed by atoms with E-state index in [1.54, 1.807) is 0 Å². The number of rotatable bonds is 8. The van der Waals surface area contributed by atoms with Crippen LogP contribution in [-0.2, 0) is 14.3 Å². The monoisotopic (exact) mass is 316 g/mol. The molecule has 1 saturated heterocycles. The van der Waals surface area contributed by atoms with Gasteiger partial charge in [-0.2, -0.15) is 0 Å². The Kier molecular flexibility index (Phi) is 6.37. The summed E-state index contributed by atoms with van der Waals surface area (Å²) >= 11 is 0. The largest absolute Gasteiger partial charge is 0.393 e. The van der Waals surface area contributed by atoms with Crippen molar-refractivity contribution in [1.82, 2.24) is 0 Å². The van der Waals surface area contributed by atoms with Gasteiger partial charge in [0.05, 0.1) is 11.8 Å². The average molecular weight is 316 g/mol. The first-order chi connectivity index (χ1) is 11.1. The molecule has 23 heavy (non-hydrogen) atoms. The van der Waals surface area contributed by atoms with Gasteiger partial charge in [0, 0.05) is 0 Å². The molecule has 1 aromatic carbocycles. The van der Waals surface area contributed by atoms with Crippen molar-refractivity contribution in [2.75, 3.05) is 0 Å². The van der Waals surface area contributed by atoms with E-state index in [0.717, 1.165) is 37.7 Å². The second-order valence-electron chi connectivity index (χ2n) is 6.78. The summed E-state index contributed by atoms with van der Waals surface area (Å²) in [5, 5.41) is 0. The van der Waals surface area contributed by atoms with E-state index in [4.69, 9.17) is 4.74 Å². The second kappa shape index (κ2) is 8.28. The molecule has 0 N–H and O–H groups in total. The normalized spacial score (nSPS) is 23.6. The van der Waals surface area contributed by atoms with Crippen LogP contribution in [0.1, 0.15) is 64.4 Å². The van der Waals surface area contributed by atoms with Crippen LogP contribution in [0.3, 0.4) is 0 Å². The summed E-state index contributed by atoms with van der Waals surface area (Å²) in [4.78, 5) is 24.5. The van der Waals surface area contributed by atoms with E-state index < -0.39 is 0 Å². The van der Waals surface area contributed by atoms with Gasteiger partial charge in [-0.1, -0.05) is 70.4 Å². The zero-order valence-electron chi connectivity index (χ0n) is 14.5. The maximum atomic E-state index is 12.3. The van der Waals surface area contributed by atoms with Crippen LogP contribution in [0.25, 0.3) is 0 Å². The lowest BCUT2D eigenvalue weighted by atomic mass is 9.74. The summed E-state index contributed by atoms with van der Waals surface area (Å²) in [6.07, 6.45) is 5.00. The highest BCUT2D eigenvalue weighted by Gasteiger charge is 2.48. The highest BCUT2D eigenvalue weighted by molar-refractivity contribution is 5.97. The lowest BCUT2D eigenvalue weighted by molar-refractivity contribution is -0.154. The van der Waals surface area contributed by atoms with E-state index in [0.29, 0.717) is 5.92 Å². The molecule has 0 aliphatic carbocycles. The van der Waals surface area contributed by atoms with E-state index in [2.05, 4.69) is 20.8 Å². The van der Waals surface area contributed by atoms with Crippen molar-refractivity contribution in [3.8, 4) is 0 Å². The number of ether oxygens (including phenoxy) is 1. The van der Waals surface area contributed by atoms with E-state index in [9.17, 15) is 9.59 Å². The Balaban J connectivity index is 2.18. The zero-order chi connectivity index (χ0) is 16.8. The SMILES string of the molecule is CCCCC(C)CC1C(=O)OC(=O)C1C(CC)c1ccccc1. The lowest BCUT2D eigenvalue weighted by Crippen LogP contribution is -2.26. The van der Waals surface area contributed by atoms with Crippen LogP contribution in [-0.4, -0.2) is 11.9 Å². The third-order valence-corrected chi connectivity index (χ3v) is 5.02. The topological polar surface area (TPSA) is 43.4 Å². The Morgan fingerprint density at radius 2 is 1.78 bits per heavy atom. The zero-order valence-corrected chi connectivity index (χ0v) is 14.5. The van der Waals surface area contributed by atoms with Gasteiger partial charge in [0.25, 0.3) is 0 Å². The van der Waals surface area contributed by atoms with Gasteiger partial charge in [0.15, 0.2) is 0 Å². The summed E-state index contributed by atoms with van der Waals surface area (Å²) < 4.78 is 5.02. The number of carbonyl (C=O) groups excluding carboxylic acids is 2. The molecule has 1 aliphatic heterocycles. The third kappa shape index (κ3) is 4.21. The van der Waals surface area contributed by atoms with Crippen molar-refractivity contribution in [1.29, 1.82) is 0 Å². The number of esters is 2. The highest BCUT2D eigenvalue weighted by atomic mass is 16.6. The van der Waals surface area contributed by atoms with Crippen molar-refractivity contribution < 1.29 is 14.3 Å². The Hall–Kier alpha value is -1.64. The fourth-order valence-corrected chi connectivity index (χ4v) is 3.74. The molecular formula is C20H28O3. The molecule has 0 aromatic heterocycles. The Labute approximate surface area is 139 Å². The molecule has 2 rings (SSSR count). The maximum absolute atomic E-state index is 12.3.